The lowest BCUT2D eigenvalue weighted by Gasteiger charge is -2.21. The molecule has 0 bridgehead atoms. The zero-order valence-corrected chi connectivity index (χ0v) is 58.4. The second kappa shape index (κ2) is 57.9. The number of ether oxygens (including phenoxy) is 4. The number of carbonyl (C=O) groups excluding carboxylic acids is 4. The van der Waals surface area contributed by atoms with E-state index in [1.807, 2.05) is 0 Å². The second-order valence-electron chi connectivity index (χ2n) is 26.2. The Balaban J connectivity index is 5.26. The molecule has 0 aromatic carbocycles. The van der Waals surface area contributed by atoms with Gasteiger partial charge in [-0.3, -0.25) is 37.3 Å². The standard InChI is InChI=1S/C68H132O17P2/c1-9-61(8)47-39-31-26-27-33-41-49-66(71)79-55-64(85-68(73)51-43-35-24-18-14-13-16-21-29-37-45-59(4)5)57-83-87(76,77)81-53-62(69)52-80-86(74,75)82-56-63(54-78-65(70)48-40-32-25-19-22-30-38-46-60(6)7)84-67(72)50-42-34-23-17-12-10-11-15-20-28-36-44-58(2)3/h58-64,69H,9-57H2,1-8H3,(H,74,75)(H,76,77)/t61?,62?,63-,64-/m1/s1. The van der Waals surface area contributed by atoms with Gasteiger partial charge in [0.15, 0.2) is 12.2 Å². The third kappa shape index (κ3) is 61.3. The van der Waals surface area contributed by atoms with E-state index in [1.54, 1.807) is 0 Å². The highest BCUT2D eigenvalue weighted by atomic mass is 31.2. The molecule has 0 aliphatic carbocycles. The van der Waals surface area contributed by atoms with Crippen LogP contribution in [0.5, 0.6) is 0 Å². The SMILES string of the molecule is CCC(C)CCCCCCCCC(=O)OC[C@H](COP(=O)(O)OCC(O)COP(=O)(O)OC[C@@H](COC(=O)CCCCCCCCCC(C)C)OC(=O)CCCCCCCCCCCCCC(C)C)OC(=O)CCCCCCCCCCCCC(C)C. The molecule has 19 heteroatoms. The Morgan fingerprint density at radius 1 is 0.322 bits per heavy atom. The Morgan fingerprint density at radius 2 is 0.552 bits per heavy atom. The Kier molecular flexibility index (Phi) is 56.6. The molecule has 0 amide bonds. The number of aliphatic hydroxyl groups excluding tert-OH is 1. The summed E-state index contributed by atoms with van der Waals surface area (Å²) in [5.41, 5.74) is 0. The molecule has 0 saturated heterocycles. The highest BCUT2D eigenvalue weighted by molar-refractivity contribution is 7.47. The van der Waals surface area contributed by atoms with Crippen LogP contribution in [0, 0.1) is 23.7 Å². The van der Waals surface area contributed by atoms with Crippen molar-refractivity contribution in [2.45, 2.75) is 350 Å². The van der Waals surface area contributed by atoms with Crippen LogP contribution in [-0.4, -0.2) is 96.7 Å². The molecule has 3 N–H and O–H groups in total. The lowest BCUT2D eigenvalue weighted by Crippen LogP contribution is -2.30. The highest BCUT2D eigenvalue weighted by Gasteiger charge is 2.30. The third-order valence-electron chi connectivity index (χ3n) is 15.9. The van der Waals surface area contributed by atoms with Crippen LogP contribution in [-0.2, 0) is 65.4 Å². The van der Waals surface area contributed by atoms with Gasteiger partial charge in [-0.2, -0.15) is 0 Å². The topological polar surface area (TPSA) is 237 Å². The van der Waals surface area contributed by atoms with E-state index in [0.717, 1.165) is 120 Å². The zero-order chi connectivity index (χ0) is 64.7. The third-order valence-corrected chi connectivity index (χ3v) is 17.8. The van der Waals surface area contributed by atoms with Crippen LogP contribution in [0.1, 0.15) is 331 Å². The van der Waals surface area contributed by atoms with Crippen LogP contribution < -0.4 is 0 Å². The van der Waals surface area contributed by atoms with E-state index in [4.69, 9.17) is 37.0 Å². The van der Waals surface area contributed by atoms with Crippen molar-refractivity contribution in [2.75, 3.05) is 39.6 Å². The lowest BCUT2D eigenvalue weighted by atomic mass is 10.00. The van der Waals surface area contributed by atoms with Crippen LogP contribution in [0.2, 0.25) is 0 Å². The number of rotatable bonds is 65. The van der Waals surface area contributed by atoms with Gasteiger partial charge in [-0.1, -0.05) is 280 Å². The molecule has 0 rings (SSSR count). The van der Waals surface area contributed by atoms with Gasteiger partial charge in [0, 0.05) is 25.7 Å². The molecule has 4 unspecified atom stereocenters. The molecule has 0 radical (unpaired) electrons. The van der Waals surface area contributed by atoms with Gasteiger partial charge in [-0.05, 0) is 49.4 Å². The van der Waals surface area contributed by atoms with Crippen molar-refractivity contribution >= 4 is 39.5 Å². The van der Waals surface area contributed by atoms with Crippen LogP contribution in [0.25, 0.3) is 0 Å². The predicted octanol–water partition coefficient (Wildman–Crippen LogP) is 18.9. The molecule has 0 aliphatic rings. The Morgan fingerprint density at radius 3 is 0.816 bits per heavy atom. The minimum absolute atomic E-state index is 0.104. The van der Waals surface area contributed by atoms with E-state index < -0.39 is 97.5 Å². The molecule has 6 atom stereocenters. The molecule has 0 aliphatic heterocycles. The average molecular weight is 1280 g/mol. The fourth-order valence-corrected chi connectivity index (χ4v) is 11.7. The van der Waals surface area contributed by atoms with Gasteiger partial charge in [-0.15, -0.1) is 0 Å². The quantitative estimate of drug-likeness (QED) is 0.0222. The Labute approximate surface area is 530 Å². The van der Waals surface area contributed by atoms with Gasteiger partial charge < -0.3 is 33.8 Å². The average Bonchev–Trinajstić information content (AvgIpc) is 3.67. The van der Waals surface area contributed by atoms with E-state index in [-0.39, 0.29) is 25.7 Å². The molecule has 516 valence electrons. The minimum atomic E-state index is -4.95. The normalized spacial score (nSPS) is 14.6. The summed E-state index contributed by atoms with van der Waals surface area (Å²) in [5.74, 6) is 0.819. The van der Waals surface area contributed by atoms with Crippen molar-refractivity contribution < 1.29 is 80.2 Å². The summed E-state index contributed by atoms with van der Waals surface area (Å²) in [6.45, 7) is 14.0. The maximum absolute atomic E-state index is 13.0. The maximum atomic E-state index is 13.0. The number of hydrogen-bond donors (Lipinski definition) is 3. The van der Waals surface area contributed by atoms with Crippen molar-refractivity contribution in [3.05, 3.63) is 0 Å². The van der Waals surface area contributed by atoms with Crippen molar-refractivity contribution in [1.82, 2.24) is 0 Å². The molecule has 0 saturated carbocycles. The number of unbranched alkanes of at least 4 members (excludes halogenated alkanes) is 30. The van der Waals surface area contributed by atoms with E-state index in [2.05, 4.69) is 55.4 Å². The van der Waals surface area contributed by atoms with Gasteiger partial charge in [-0.25, -0.2) is 9.13 Å². The van der Waals surface area contributed by atoms with Crippen LogP contribution >= 0.6 is 15.6 Å². The second-order valence-corrected chi connectivity index (χ2v) is 29.1. The molecule has 0 fully saturated rings. The van der Waals surface area contributed by atoms with Gasteiger partial charge in [0.2, 0.25) is 0 Å². The van der Waals surface area contributed by atoms with Crippen LogP contribution in [0.3, 0.4) is 0 Å². The van der Waals surface area contributed by atoms with Gasteiger partial charge in [0.25, 0.3) is 0 Å². The Hall–Kier alpha value is -1.94. The van der Waals surface area contributed by atoms with E-state index >= 15 is 0 Å². The summed E-state index contributed by atoms with van der Waals surface area (Å²) >= 11 is 0. The Bertz CT molecular complexity index is 1730. The first-order valence-electron chi connectivity index (χ1n) is 35.2. The van der Waals surface area contributed by atoms with E-state index in [9.17, 15) is 43.2 Å². The molecule has 17 nitrogen and oxygen atoms in total. The largest absolute Gasteiger partial charge is 0.472 e. The summed E-state index contributed by atoms with van der Waals surface area (Å²) in [6.07, 6.45) is 39.0. The number of phosphoric ester groups is 2. The zero-order valence-electron chi connectivity index (χ0n) is 56.6. The minimum Gasteiger partial charge on any atom is -0.462 e. The molecule has 0 aromatic heterocycles. The molecule has 0 heterocycles. The lowest BCUT2D eigenvalue weighted by molar-refractivity contribution is -0.161. The number of carbonyl (C=O) groups is 4. The first kappa shape index (κ1) is 85.1. The highest BCUT2D eigenvalue weighted by Crippen LogP contribution is 2.45. The number of hydrogen-bond acceptors (Lipinski definition) is 15. The summed E-state index contributed by atoms with van der Waals surface area (Å²) in [5, 5.41) is 10.6. The van der Waals surface area contributed by atoms with Gasteiger partial charge in [0.1, 0.15) is 19.3 Å². The van der Waals surface area contributed by atoms with Crippen LogP contribution in [0.15, 0.2) is 0 Å². The molecule has 0 spiro atoms. The number of phosphoric acid groups is 2. The maximum Gasteiger partial charge on any atom is 0.472 e. The van der Waals surface area contributed by atoms with Crippen molar-refractivity contribution in [1.29, 1.82) is 0 Å². The van der Waals surface area contributed by atoms with Crippen molar-refractivity contribution in [2.24, 2.45) is 23.7 Å². The molecular formula is C68H132O17P2. The molecular weight excluding hydrogens is 1150 g/mol. The predicted molar refractivity (Wildman–Crippen MR) is 349 cm³/mol. The van der Waals surface area contributed by atoms with Crippen molar-refractivity contribution in [3.8, 4) is 0 Å². The van der Waals surface area contributed by atoms with E-state index in [1.165, 1.54) is 122 Å². The summed E-state index contributed by atoms with van der Waals surface area (Å²) in [7, 11) is -9.90. The summed E-state index contributed by atoms with van der Waals surface area (Å²) in [4.78, 5) is 72.4. The first-order valence-corrected chi connectivity index (χ1v) is 38.2. The first-order chi connectivity index (χ1) is 41.6. The smallest absolute Gasteiger partial charge is 0.462 e. The van der Waals surface area contributed by atoms with Gasteiger partial charge >= 0.3 is 39.5 Å². The van der Waals surface area contributed by atoms with Crippen molar-refractivity contribution in [3.63, 3.8) is 0 Å². The van der Waals surface area contributed by atoms with E-state index in [0.29, 0.717) is 31.6 Å². The fourth-order valence-electron chi connectivity index (χ4n) is 10.1. The molecule has 0 aromatic rings. The summed E-state index contributed by atoms with van der Waals surface area (Å²) in [6, 6.07) is 0. The van der Waals surface area contributed by atoms with Gasteiger partial charge in [0.05, 0.1) is 26.4 Å². The fraction of sp³-hybridized carbons (Fsp3) is 0.941. The summed E-state index contributed by atoms with van der Waals surface area (Å²) < 4.78 is 68.2. The van der Waals surface area contributed by atoms with Crippen LogP contribution in [0.4, 0.5) is 0 Å². The molecule has 87 heavy (non-hydrogen) atoms. The number of aliphatic hydroxyl groups is 1. The monoisotopic (exact) mass is 1280 g/mol. The number of esters is 4.